The van der Waals surface area contributed by atoms with E-state index < -0.39 is 6.10 Å². The van der Waals surface area contributed by atoms with Crippen LogP contribution in [-0.4, -0.2) is 24.5 Å². The molecule has 0 saturated carbocycles. The fraction of sp³-hybridized carbons (Fsp3) is 0.350. The van der Waals surface area contributed by atoms with Crippen molar-refractivity contribution in [3.8, 4) is 0 Å². The molecule has 1 aliphatic rings. The fourth-order valence-corrected chi connectivity index (χ4v) is 3.38. The summed E-state index contributed by atoms with van der Waals surface area (Å²) < 4.78 is 5.54. The monoisotopic (exact) mass is 309 g/mol. The van der Waals surface area contributed by atoms with Crippen molar-refractivity contribution < 1.29 is 9.53 Å². The van der Waals surface area contributed by atoms with Crippen LogP contribution < -0.4 is 0 Å². The number of hydrogen-bond acceptors (Lipinski definition) is 2. The summed E-state index contributed by atoms with van der Waals surface area (Å²) in [5.41, 5.74) is 2.13. The zero-order valence-corrected chi connectivity index (χ0v) is 13.5. The summed E-state index contributed by atoms with van der Waals surface area (Å²) in [6.45, 7) is 0.797. The van der Waals surface area contributed by atoms with E-state index in [9.17, 15) is 4.79 Å². The molecule has 0 bridgehead atoms. The zero-order chi connectivity index (χ0) is 16.1. The highest BCUT2D eigenvalue weighted by Crippen LogP contribution is 2.33. The van der Waals surface area contributed by atoms with Gasteiger partial charge in [-0.05, 0) is 30.4 Å². The van der Waals surface area contributed by atoms with Crippen LogP contribution in [0.25, 0.3) is 0 Å². The minimum absolute atomic E-state index is 0.0623. The van der Waals surface area contributed by atoms with Gasteiger partial charge in [0.15, 0.2) is 6.10 Å². The van der Waals surface area contributed by atoms with Crippen molar-refractivity contribution in [3.63, 3.8) is 0 Å². The second kappa shape index (κ2) is 7.42. The SMILES string of the molecule is CO[C@H](C(=O)N1CCCCC1c1ccccc1)c1ccccc1. The Morgan fingerprint density at radius 2 is 1.70 bits per heavy atom. The molecule has 0 spiro atoms. The molecule has 0 radical (unpaired) electrons. The summed E-state index contributed by atoms with van der Waals surface area (Å²) in [5, 5.41) is 0. The second-order valence-electron chi connectivity index (χ2n) is 5.98. The third-order valence-corrected chi connectivity index (χ3v) is 4.53. The highest BCUT2D eigenvalue weighted by Gasteiger charge is 2.33. The fourth-order valence-electron chi connectivity index (χ4n) is 3.38. The maximum absolute atomic E-state index is 13.1. The molecule has 2 aromatic carbocycles. The third kappa shape index (κ3) is 3.45. The highest BCUT2D eigenvalue weighted by molar-refractivity contribution is 5.83. The number of hydrogen-bond donors (Lipinski definition) is 0. The molecule has 3 rings (SSSR count). The molecular formula is C20H23NO2. The predicted molar refractivity (Wildman–Crippen MR) is 90.9 cm³/mol. The number of carbonyl (C=O) groups is 1. The maximum atomic E-state index is 13.1. The molecule has 120 valence electrons. The van der Waals surface area contributed by atoms with Crippen molar-refractivity contribution in [1.29, 1.82) is 0 Å². The lowest BCUT2D eigenvalue weighted by Gasteiger charge is -2.38. The first kappa shape index (κ1) is 15.8. The summed E-state index contributed by atoms with van der Waals surface area (Å²) in [6.07, 6.45) is 2.70. The number of piperidine rings is 1. The number of methoxy groups -OCH3 is 1. The van der Waals surface area contributed by atoms with Crippen molar-refractivity contribution in [2.45, 2.75) is 31.4 Å². The Bertz CT molecular complexity index is 627. The molecule has 3 nitrogen and oxygen atoms in total. The van der Waals surface area contributed by atoms with Crippen molar-refractivity contribution in [3.05, 3.63) is 71.8 Å². The van der Waals surface area contributed by atoms with Gasteiger partial charge in [-0.3, -0.25) is 4.79 Å². The van der Waals surface area contributed by atoms with Crippen molar-refractivity contribution in [2.75, 3.05) is 13.7 Å². The molecule has 0 aromatic heterocycles. The first-order valence-corrected chi connectivity index (χ1v) is 8.24. The van der Waals surface area contributed by atoms with Gasteiger partial charge in [0, 0.05) is 13.7 Å². The van der Waals surface area contributed by atoms with Gasteiger partial charge >= 0.3 is 0 Å². The van der Waals surface area contributed by atoms with E-state index in [0.717, 1.165) is 31.4 Å². The molecule has 0 aliphatic carbocycles. The van der Waals surface area contributed by atoms with E-state index in [-0.39, 0.29) is 11.9 Å². The van der Waals surface area contributed by atoms with E-state index in [0.29, 0.717) is 0 Å². The summed E-state index contributed by atoms with van der Waals surface area (Å²) >= 11 is 0. The largest absolute Gasteiger partial charge is 0.367 e. The van der Waals surface area contributed by atoms with Gasteiger partial charge in [-0.1, -0.05) is 60.7 Å². The Morgan fingerprint density at radius 3 is 2.35 bits per heavy atom. The first-order chi connectivity index (χ1) is 11.3. The second-order valence-corrected chi connectivity index (χ2v) is 5.98. The van der Waals surface area contributed by atoms with Gasteiger partial charge in [0.2, 0.25) is 0 Å². The van der Waals surface area contributed by atoms with E-state index in [1.807, 2.05) is 53.4 Å². The summed E-state index contributed by atoms with van der Waals surface area (Å²) in [5.74, 6) is 0.0623. The molecule has 23 heavy (non-hydrogen) atoms. The summed E-state index contributed by atoms with van der Waals surface area (Å²) in [4.78, 5) is 15.1. The Balaban J connectivity index is 1.86. The van der Waals surface area contributed by atoms with Crippen molar-refractivity contribution in [2.24, 2.45) is 0 Å². The molecule has 1 unspecified atom stereocenters. The van der Waals surface area contributed by atoms with E-state index in [4.69, 9.17) is 4.74 Å². The lowest BCUT2D eigenvalue weighted by molar-refractivity contribution is -0.146. The van der Waals surface area contributed by atoms with Crippen LogP contribution in [0.2, 0.25) is 0 Å². The summed E-state index contributed by atoms with van der Waals surface area (Å²) in [7, 11) is 1.61. The molecule has 2 aromatic rings. The molecule has 1 amide bonds. The maximum Gasteiger partial charge on any atom is 0.256 e. The lowest BCUT2D eigenvalue weighted by Crippen LogP contribution is -2.41. The minimum atomic E-state index is -0.527. The Hall–Kier alpha value is -2.13. The quantitative estimate of drug-likeness (QED) is 0.850. The first-order valence-electron chi connectivity index (χ1n) is 8.24. The average molecular weight is 309 g/mol. The third-order valence-electron chi connectivity index (χ3n) is 4.53. The van der Waals surface area contributed by atoms with Crippen LogP contribution in [-0.2, 0) is 9.53 Å². The molecule has 1 aliphatic heterocycles. The number of carbonyl (C=O) groups excluding carboxylic acids is 1. The molecule has 1 fully saturated rings. The molecule has 1 heterocycles. The number of nitrogens with zero attached hydrogens (tertiary/aromatic N) is 1. The Kier molecular flexibility index (Phi) is 5.09. The Labute approximate surface area is 137 Å². The molecular weight excluding hydrogens is 286 g/mol. The topological polar surface area (TPSA) is 29.5 Å². The van der Waals surface area contributed by atoms with Crippen LogP contribution in [0, 0.1) is 0 Å². The van der Waals surface area contributed by atoms with Gasteiger partial charge < -0.3 is 9.64 Å². The standard InChI is InChI=1S/C20H23NO2/c1-23-19(17-12-6-3-7-13-17)20(22)21-15-9-8-14-18(21)16-10-4-2-5-11-16/h2-7,10-13,18-19H,8-9,14-15H2,1H3/t18?,19-/m0/s1. The Morgan fingerprint density at radius 1 is 1.04 bits per heavy atom. The van der Waals surface area contributed by atoms with E-state index >= 15 is 0 Å². The zero-order valence-electron chi connectivity index (χ0n) is 13.5. The van der Waals surface area contributed by atoms with Crippen molar-refractivity contribution >= 4 is 5.91 Å². The number of ether oxygens (including phenoxy) is 1. The van der Waals surface area contributed by atoms with Gasteiger partial charge in [-0.15, -0.1) is 0 Å². The van der Waals surface area contributed by atoms with Gasteiger partial charge in [-0.2, -0.15) is 0 Å². The van der Waals surface area contributed by atoms with Gasteiger partial charge in [0.1, 0.15) is 0 Å². The molecule has 0 N–H and O–H groups in total. The van der Waals surface area contributed by atoms with Crippen LogP contribution in [0.4, 0.5) is 0 Å². The minimum Gasteiger partial charge on any atom is -0.367 e. The number of amides is 1. The van der Waals surface area contributed by atoms with Crippen LogP contribution in [0.5, 0.6) is 0 Å². The van der Waals surface area contributed by atoms with E-state index in [1.54, 1.807) is 7.11 Å². The van der Waals surface area contributed by atoms with E-state index in [2.05, 4.69) is 12.1 Å². The summed E-state index contributed by atoms with van der Waals surface area (Å²) in [6, 6.07) is 20.2. The molecule has 1 saturated heterocycles. The number of likely N-dealkylation sites (tertiary alicyclic amines) is 1. The van der Waals surface area contributed by atoms with Crippen LogP contribution in [0.3, 0.4) is 0 Å². The number of rotatable bonds is 4. The van der Waals surface area contributed by atoms with Gasteiger partial charge in [-0.25, -0.2) is 0 Å². The molecule has 2 atom stereocenters. The predicted octanol–water partition coefficient (Wildman–Crippen LogP) is 4.13. The van der Waals surface area contributed by atoms with E-state index in [1.165, 1.54) is 5.56 Å². The smallest absolute Gasteiger partial charge is 0.256 e. The van der Waals surface area contributed by atoms with Crippen LogP contribution >= 0.6 is 0 Å². The van der Waals surface area contributed by atoms with Crippen molar-refractivity contribution in [1.82, 2.24) is 4.90 Å². The van der Waals surface area contributed by atoms with Crippen LogP contribution in [0.1, 0.15) is 42.5 Å². The van der Waals surface area contributed by atoms with Gasteiger partial charge in [0.25, 0.3) is 5.91 Å². The highest BCUT2D eigenvalue weighted by atomic mass is 16.5. The van der Waals surface area contributed by atoms with Gasteiger partial charge in [0.05, 0.1) is 6.04 Å². The average Bonchev–Trinajstić information content (AvgIpc) is 2.64. The number of benzene rings is 2. The molecule has 3 heteroatoms. The normalized spacial score (nSPS) is 19.3. The van der Waals surface area contributed by atoms with Crippen LogP contribution in [0.15, 0.2) is 60.7 Å². The lowest BCUT2D eigenvalue weighted by atomic mass is 9.94.